The van der Waals surface area contributed by atoms with Gasteiger partial charge in [0.15, 0.2) is 17.3 Å². The number of carbonyl (C=O) groups excluding carboxylic acids is 1. The van der Waals surface area contributed by atoms with Crippen molar-refractivity contribution in [3.05, 3.63) is 24.3 Å². The summed E-state index contributed by atoms with van der Waals surface area (Å²) in [5, 5.41) is 9.38. The molecule has 1 aliphatic heterocycles. The Balaban J connectivity index is 1.83. The number of hydrogen-bond donors (Lipinski definition) is 0. The minimum atomic E-state index is -3.59. The van der Waals surface area contributed by atoms with E-state index in [1.807, 2.05) is 9.47 Å². The Bertz CT molecular complexity index is 1050. The first-order valence-electron chi connectivity index (χ1n) is 10.7. The predicted octanol–water partition coefficient (Wildman–Crippen LogP) is 1.92. The lowest BCUT2D eigenvalue weighted by atomic mass is 10.2. The minimum absolute atomic E-state index is 0.180. The van der Waals surface area contributed by atoms with E-state index in [4.69, 9.17) is 9.47 Å². The van der Waals surface area contributed by atoms with Crippen molar-refractivity contribution < 1.29 is 22.7 Å². The van der Waals surface area contributed by atoms with Gasteiger partial charge in [-0.3, -0.25) is 9.36 Å². The summed E-state index contributed by atoms with van der Waals surface area (Å²) in [6.45, 7) is 1.91. The lowest BCUT2D eigenvalue weighted by Crippen LogP contribution is -2.26. The first-order chi connectivity index (χ1) is 15.8. The highest BCUT2D eigenvalue weighted by Crippen LogP contribution is 2.27. The van der Waals surface area contributed by atoms with Gasteiger partial charge in [0.25, 0.3) is 0 Å². The zero-order valence-electron chi connectivity index (χ0n) is 19.4. The fourth-order valence-electron chi connectivity index (χ4n) is 3.53. The van der Waals surface area contributed by atoms with Gasteiger partial charge in [-0.05, 0) is 25.0 Å². The van der Waals surface area contributed by atoms with Crippen LogP contribution in [0.15, 0.2) is 34.3 Å². The average Bonchev–Trinajstić information content (AvgIpc) is 3.40. The maximum Gasteiger partial charge on any atom is 0.242 e. The Morgan fingerprint density at radius 2 is 1.97 bits per heavy atom. The summed E-state index contributed by atoms with van der Waals surface area (Å²) >= 11 is 1.54. The number of ether oxygens (including phenoxy) is 2. The zero-order valence-corrected chi connectivity index (χ0v) is 21.1. The van der Waals surface area contributed by atoms with E-state index in [0.717, 1.165) is 31.7 Å². The highest BCUT2D eigenvalue weighted by atomic mass is 32.2. The molecule has 0 saturated carbocycles. The second-order valence-corrected chi connectivity index (χ2v) is 11.0. The summed E-state index contributed by atoms with van der Waals surface area (Å²) in [4.78, 5) is 13.9. The third-order valence-corrected chi connectivity index (χ3v) is 8.28. The van der Waals surface area contributed by atoms with Gasteiger partial charge in [0.05, 0.1) is 11.4 Å². The van der Waals surface area contributed by atoms with Gasteiger partial charge < -0.3 is 14.4 Å². The summed E-state index contributed by atoms with van der Waals surface area (Å²) < 4.78 is 39.0. The smallest absolute Gasteiger partial charge is 0.242 e. The fraction of sp³-hybridized carbons (Fsp3) is 0.571. The molecule has 0 spiro atoms. The number of benzene rings is 1. The summed E-state index contributed by atoms with van der Waals surface area (Å²) in [6.07, 6.45) is 1.90. The van der Waals surface area contributed by atoms with E-state index in [0.29, 0.717) is 29.5 Å². The minimum Gasteiger partial charge on any atom is -0.354 e. The standard InChI is InChI=1S/C21H31N5O5S2/c1-24(2)33(28,29)17-9-5-8-16(14-17)20-22-23-21(26(20)15-19(30-3)31-4)32-13-7-12-25-11-6-10-18(25)27/h5,8-9,14,19H,6-7,10-13,15H2,1-4H3. The maximum absolute atomic E-state index is 12.6. The van der Waals surface area contributed by atoms with Crippen molar-refractivity contribution in [1.29, 1.82) is 0 Å². The number of nitrogens with zero attached hydrogens (tertiary/aromatic N) is 5. The number of aromatic nitrogens is 3. The van der Waals surface area contributed by atoms with E-state index in [1.54, 1.807) is 38.5 Å². The third-order valence-electron chi connectivity index (χ3n) is 5.42. The SMILES string of the molecule is COC(Cn1c(SCCCN2CCCC2=O)nnc1-c1cccc(S(=O)(=O)N(C)C)c1)OC. The van der Waals surface area contributed by atoms with Crippen molar-refractivity contribution in [3.8, 4) is 11.4 Å². The van der Waals surface area contributed by atoms with E-state index in [-0.39, 0.29) is 10.8 Å². The number of thioether (sulfide) groups is 1. The molecule has 1 saturated heterocycles. The number of sulfonamides is 1. The van der Waals surface area contributed by atoms with Crippen LogP contribution in [0, 0.1) is 0 Å². The molecule has 0 N–H and O–H groups in total. The molecule has 1 fully saturated rings. The van der Waals surface area contributed by atoms with Gasteiger partial charge in [0.2, 0.25) is 15.9 Å². The highest BCUT2D eigenvalue weighted by Gasteiger charge is 2.23. The Morgan fingerprint density at radius 1 is 1.21 bits per heavy atom. The summed E-state index contributed by atoms with van der Waals surface area (Å²) in [5.41, 5.74) is 0.630. The molecule has 1 amide bonds. The molecule has 0 atom stereocenters. The van der Waals surface area contributed by atoms with Crippen LogP contribution in [0.2, 0.25) is 0 Å². The Morgan fingerprint density at radius 3 is 2.61 bits per heavy atom. The first kappa shape index (κ1) is 25.6. The first-order valence-corrected chi connectivity index (χ1v) is 13.1. The molecule has 2 heterocycles. The highest BCUT2D eigenvalue weighted by molar-refractivity contribution is 7.99. The molecule has 2 aromatic rings. The predicted molar refractivity (Wildman–Crippen MR) is 125 cm³/mol. The second kappa shape index (κ2) is 11.4. The molecule has 33 heavy (non-hydrogen) atoms. The molecule has 0 radical (unpaired) electrons. The molecular weight excluding hydrogens is 466 g/mol. The normalized spacial score (nSPS) is 14.7. The molecule has 1 aromatic heterocycles. The average molecular weight is 498 g/mol. The quantitative estimate of drug-likeness (QED) is 0.249. The molecule has 0 bridgehead atoms. The number of rotatable bonds is 12. The monoisotopic (exact) mass is 497 g/mol. The van der Waals surface area contributed by atoms with Gasteiger partial charge in [-0.15, -0.1) is 10.2 Å². The number of hydrogen-bond acceptors (Lipinski definition) is 8. The molecule has 1 aromatic carbocycles. The van der Waals surface area contributed by atoms with Crippen LogP contribution in [0.1, 0.15) is 19.3 Å². The van der Waals surface area contributed by atoms with Gasteiger partial charge in [0, 0.05) is 59.1 Å². The third kappa shape index (κ3) is 6.12. The van der Waals surface area contributed by atoms with Crippen molar-refractivity contribution in [2.24, 2.45) is 0 Å². The van der Waals surface area contributed by atoms with Gasteiger partial charge in [-0.1, -0.05) is 23.9 Å². The number of amides is 1. The van der Waals surface area contributed by atoms with E-state index in [2.05, 4.69) is 10.2 Å². The van der Waals surface area contributed by atoms with Gasteiger partial charge in [-0.25, -0.2) is 12.7 Å². The summed E-state index contributed by atoms with van der Waals surface area (Å²) in [6, 6.07) is 6.64. The lowest BCUT2D eigenvalue weighted by Gasteiger charge is -2.18. The number of likely N-dealkylation sites (tertiary alicyclic amines) is 1. The van der Waals surface area contributed by atoms with Crippen molar-refractivity contribution in [3.63, 3.8) is 0 Å². The van der Waals surface area contributed by atoms with Crippen molar-refractivity contribution >= 4 is 27.7 Å². The van der Waals surface area contributed by atoms with E-state index < -0.39 is 16.3 Å². The lowest BCUT2D eigenvalue weighted by molar-refractivity contribution is -0.127. The number of methoxy groups -OCH3 is 2. The number of carbonyl (C=O) groups is 1. The van der Waals surface area contributed by atoms with Crippen LogP contribution in [-0.4, -0.2) is 91.7 Å². The largest absolute Gasteiger partial charge is 0.354 e. The Kier molecular flexibility index (Phi) is 8.88. The molecule has 3 rings (SSSR count). The Labute approximate surface area is 199 Å². The van der Waals surface area contributed by atoms with Crippen LogP contribution in [-0.2, 0) is 30.8 Å². The van der Waals surface area contributed by atoms with Gasteiger partial charge in [-0.2, -0.15) is 0 Å². The van der Waals surface area contributed by atoms with Crippen molar-refractivity contribution in [2.45, 2.75) is 42.1 Å². The van der Waals surface area contributed by atoms with Crippen LogP contribution < -0.4 is 0 Å². The van der Waals surface area contributed by atoms with Crippen LogP contribution in [0.5, 0.6) is 0 Å². The van der Waals surface area contributed by atoms with E-state index >= 15 is 0 Å². The molecular formula is C21H31N5O5S2. The summed E-state index contributed by atoms with van der Waals surface area (Å²) in [7, 11) is 2.52. The Hall–Kier alpha value is -1.99. The van der Waals surface area contributed by atoms with E-state index in [1.165, 1.54) is 30.2 Å². The molecule has 0 aliphatic carbocycles. The van der Waals surface area contributed by atoms with Crippen LogP contribution in [0.4, 0.5) is 0 Å². The van der Waals surface area contributed by atoms with Crippen LogP contribution in [0.25, 0.3) is 11.4 Å². The topological polar surface area (TPSA) is 107 Å². The molecule has 10 nitrogen and oxygen atoms in total. The van der Waals surface area contributed by atoms with Gasteiger partial charge in [0.1, 0.15) is 0 Å². The van der Waals surface area contributed by atoms with Crippen LogP contribution in [0.3, 0.4) is 0 Å². The molecule has 1 aliphatic rings. The van der Waals surface area contributed by atoms with E-state index in [9.17, 15) is 13.2 Å². The summed E-state index contributed by atoms with van der Waals surface area (Å²) in [5.74, 6) is 1.52. The zero-order chi connectivity index (χ0) is 24.0. The maximum atomic E-state index is 12.6. The van der Waals surface area contributed by atoms with Crippen LogP contribution >= 0.6 is 11.8 Å². The molecule has 12 heteroatoms. The van der Waals surface area contributed by atoms with Crippen molar-refractivity contribution in [1.82, 2.24) is 24.0 Å². The molecule has 182 valence electrons. The fourth-order valence-corrected chi connectivity index (χ4v) is 5.35. The molecule has 0 unspecified atom stereocenters. The van der Waals surface area contributed by atoms with Crippen molar-refractivity contribution in [2.75, 3.05) is 47.2 Å². The second-order valence-electron chi connectivity index (χ2n) is 7.82. The van der Waals surface area contributed by atoms with Gasteiger partial charge >= 0.3 is 0 Å².